The lowest BCUT2D eigenvalue weighted by molar-refractivity contribution is -0.129. The molecule has 2 fully saturated rings. The van der Waals surface area contributed by atoms with Crippen LogP contribution in [-0.2, 0) is 4.79 Å². The normalized spacial score (nSPS) is 19.1. The molecule has 0 radical (unpaired) electrons. The van der Waals surface area contributed by atoms with E-state index in [1.165, 1.54) is 0 Å². The summed E-state index contributed by atoms with van der Waals surface area (Å²) in [6.45, 7) is 5.66. The number of hydrogen-bond donors (Lipinski definition) is 4. The van der Waals surface area contributed by atoms with Gasteiger partial charge in [0.05, 0.1) is 12.4 Å². The summed E-state index contributed by atoms with van der Waals surface area (Å²) in [5, 5.41) is 9.01. The second kappa shape index (κ2) is 21.7. The van der Waals surface area contributed by atoms with Crippen molar-refractivity contribution in [3.05, 3.63) is 95.8 Å². The zero-order valence-electron chi connectivity index (χ0n) is 33.8. The number of ether oxygens (including phenoxy) is 2. The van der Waals surface area contributed by atoms with Gasteiger partial charge in [-0.1, -0.05) is 32.9 Å². The van der Waals surface area contributed by atoms with E-state index in [9.17, 15) is 23.2 Å². The van der Waals surface area contributed by atoms with Gasteiger partial charge >= 0.3 is 0 Å². The van der Waals surface area contributed by atoms with Gasteiger partial charge in [0.25, 0.3) is 11.8 Å². The molecule has 0 saturated heterocycles. The van der Waals surface area contributed by atoms with Crippen LogP contribution in [0.4, 0.5) is 8.78 Å². The maximum absolute atomic E-state index is 13.9. The Morgan fingerprint density at radius 2 is 1.03 bits per heavy atom. The number of amides is 3. The first-order valence-electron chi connectivity index (χ1n) is 19.5. The lowest BCUT2D eigenvalue weighted by Crippen LogP contribution is -2.46. The molecule has 6 rings (SSSR count). The molecule has 4 aromatic rings. The Kier molecular flexibility index (Phi) is 16.8. The average molecular weight is 870 g/mol. The van der Waals surface area contributed by atoms with Gasteiger partial charge < -0.3 is 25.4 Å². The molecule has 316 valence electrons. The maximum atomic E-state index is 13.9. The van der Waals surface area contributed by atoms with Gasteiger partial charge in [-0.05, 0) is 124 Å². The van der Waals surface area contributed by atoms with Crippen LogP contribution in [0.5, 0.6) is 23.3 Å². The molecule has 16 heteroatoms. The SMILES string of the molecule is CSc1cccc(Oc2ncc(F)cc2C(=O)NC2CCC(NC(=O)C(C)(C)C)CC2)c1.CSc1cccc(Oc2ncc(F)cc2C(=O)NC2CCC(NCl)CC2)c1. The molecule has 2 aromatic heterocycles. The third-order valence-corrected chi connectivity index (χ3v) is 11.7. The number of hydrogen-bond acceptors (Lipinski definition) is 10. The van der Waals surface area contributed by atoms with Crippen molar-refractivity contribution in [2.75, 3.05) is 12.5 Å². The number of carbonyl (C=O) groups excluding carboxylic acids is 3. The predicted octanol–water partition coefficient (Wildman–Crippen LogP) is 9.46. The van der Waals surface area contributed by atoms with Crippen LogP contribution in [0.15, 0.2) is 82.8 Å². The van der Waals surface area contributed by atoms with E-state index in [1.54, 1.807) is 35.7 Å². The fraction of sp³-hybridized carbons (Fsp3) is 0.419. The zero-order valence-corrected chi connectivity index (χ0v) is 36.2. The van der Waals surface area contributed by atoms with E-state index in [-0.39, 0.29) is 58.9 Å². The van der Waals surface area contributed by atoms with Crippen molar-refractivity contribution in [1.82, 2.24) is 30.8 Å². The zero-order chi connectivity index (χ0) is 42.5. The van der Waals surface area contributed by atoms with Crippen LogP contribution < -0.4 is 30.3 Å². The second-order valence-electron chi connectivity index (χ2n) is 15.5. The molecule has 3 amide bonds. The number of carbonyl (C=O) groups is 3. The van der Waals surface area contributed by atoms with Gasteiger partial charge in [0, 0.05) is 39.4 Å². The van der Waals surface area contributed by atoms with Gasteiger partial charge in [0.15, 0.2) is 0 Å². The Labute approximate surface area is 358 Å². The summed E-state index contributed by atoms with van der Waals surface area (Å²) in [5.74, 6) is -0.742. The number of aromatic nitrogens is 2. The highest BCUT2D eigenvalue weighted by molar-refractivity contribution is 7.98. The van der Waals surface area contributed by atoms with Crippen LogP contribution in [0.2, 0.25) is 0 Å². The number of nitrogens with zero attached hydrogens (tertiary/aromatic N) is 2. The lowest BCUT2D eigenvalue weighted by Gasteiger charge is -2.31. The molecule has 0 atom stereocenters. The minimum absolute atomic E-state index is 0.0229. The largest absolute Gasteiger partial charge is 0.438 e. The first-order valence-corrected chi connectivity index (χ1v) is 22.3. The number of nitrogens with one attached hydrogen (secondary N) is 4. The Hall–Kier alpha value is -4.44. The quantitative estimate of drug-likeness (QED) is 0.0804. The van der Waals surface area contributed by atoms with Crippen LogP contribution in [0.1, 0.15) is 92.9 Å². The van der Waals surface area contributed by atoms with Crippen LogP contribution in [-0.4, -0.2) is 64.4 Å². The van der Waals surface area contributed by atoms with Crippen LogP contribution in [0.25, 0.3) is 0 Å². The number of thioether (sulfide) groups is 2. The van der Waals surface area contributed by atoms with E-state index in [0.29, 0.717) is 11.5 Å². The molecule has 0 unspecified atom stereocenters. The van der Waals surface area contributed by atoms with Crippen LogP contribution in [0, 0.1) is 17.0 Å². The summed E-state index contributed by atoms with van der Waals surface area (Å²) in [6, 6.07) is 17.5. The van der Waals surface area contributed by atoms with Crippen molar-refractivity contribution in [2.45, 2.75) is 106 Å². The van der Waals surface area contributed by atoms with Crippen LogP contribution >= 0.6 is 35.3 Å². The van der Waals surface area contributed by atoms with E-state index in [1.807, 2.05) is 69.7 Å². The predicted molar refractivity (Wildman–Crippen MR) is 229 cm³/mol. The third-order valence-electron chi connectivity index (χ3n) is 9.93. The molecule has 4 N–H and O–H groups in total. The summed E-state index contributed by atoms with van der Waals surface area (Å²) in [6.07, 6.45) is 12.4. The Balaban J connectivity index is 0.000000227. The summed E-state index contributed by atoms with van der Waals surface area (Å²) in [5.41, 5.74) is -0.286. The molecule has 2 saturated carbocycles. The van der Waals surface area contributed by atoms with Crippen molar-refractivity contribution < 1.29 is 32.6 Å². The first-order chi connectivity index (χ1) is 28.2. The van der Waals surface area contributed by atoms with Gasteiger partial charge in [0.1, 0.15) is 34.3 Å². The summed E-state index contributed by atoms with van der Waals surface area (Å²) in [7, 11) is 0. The summed E-state index contributed by atoms with van der Waals surface area (Å²) < 4.78 is 39.2. The third kappa shape index (κ3) is 13.8. The van der Waals surface area contributed by atoms with Crippen molar-refractivity contribution >= 4 is 53.0 Å². The molecular formula is C43H51ClF2N6O5S2. The molecule has 2 aromatic carbocycles. The Morgan fingerprint density at radius 3 is 1.41 bits per heavy atom. The Morgan fingerprint density at radius 1 is 0.644 bits per heavy atom. The van der Waals surface area contributed by atoms with Crippen LogP contribution in [0.3, 0.4) is 0 Å². The van der Waals surface area contributed by atoms with Gasteiger partial charge in [-0.3, -0.25) is 14.4 Å². The lowest BCUT2D eigenvalue weighted by atomic mass is 9.89. The summed E-state index contributed by atoms with van der Waals surface area (Å²) >= 11 is 8.81. The van der Waals surface area contributed by atoms with Crippen molar-refractivity contribution in [3.8, 4) is 23.3 Å². The number of halogens is 3. The molecule has 2 heterocycles. The van der Waals surface area contributed by atoms with E-state index >= 15 is 0 Å². The summed E-state index contributed by atoms with van der Waals surface area (Å²) in [4.78, 5) is 50.6. The fourth-order valence-electron chi connectivity index (χ4n) is 6.55. The van der Waals surface area contributed by atoms with Crippen molar-refractivity contribution in [1.29, 1.82) is 0 Å². The van der Waals surface area contributed by atoms with Crippen molar-refractivity contribution in [3.63, 3.8) is 0 Å². The minimum Gasteiger partial charge on any atom is -0.438 e. The molecule has 0 aliphatic heterocycles. The van der Waals surface area contributed by atoms with Gasteiger partial charge in [-0.2, -0.15) is 0 Å². The first kappa shape index (κ1) is 45.6. The van der Waals surface area contributed by atoms with Crippen molar-refractivity contribution in [2.24, 2.45) is 5.41 Å². The molecule has 2 aliphatic carbocycles. The molecule has 59 heavy (non-hydrogen) atoms. The highest BCUT2D eigenvalue weighted by atomic mass is 35.5. The highest BCUT2D eigenvalue weighted by Crippen LogP contribution is 2.30. The molecule has 11 nitrogen and oxygen atoms in total. The maximum Gasteiger partial charge on any atom is 0.257 e. The topological polar surface area (TPSA) is 144 Å². The number of benzene rings is 2. The number of rotatable bonds is 12. The minimum atomic E-state index is -0.603. The molecular weight excluding hydrogens is 818 g/mol. The monoisotopic (exact) mass is 868 g/mol. The van der Waals surface area contributed by atoms with Gasteiger partial charge in [-0.25, -0.2) is 23.6 Å². The van der Waals surface area contributed by atoms with E-state index in [4.69, 9.17) is 21.3 Å². The number of pyridine rings is 2. The average Bonchev–Trinajstić information content (AvgIpc) is 3.23. The second-order valence-corrected chi connectivity index (χ2v) is 17.4. The smallest absolute Gasteiger partial charge is 0.257 e. The highest BCUT2D eigenvalue weighted by Gasteiger charge is 2.29. The molecule has 2 aliphatic rings. The fourth-order valence-corrected chi connectivity index (χ4v) is 7.67. The van der Waals surface area contributed by atoms with Gasteiger partial charge in [-0.15, -0.1) is 23.5 Å². The van der Waals surface area contributed by atoms with E-state index in [2.05, 4.69) is 30.8 Å². The molecule has 0 bridgehead atoms. The molecule has 0 spiro atoms. The standard InChI is InChI=1S/C24H30FN3O3S.C19H21ClFN3O2S/c1-24(2,3)23(30)28-17-10-8-16(9-11-17)27-21(29)20-12-15(25)14-26-22(20)31-18-6-5-7-19(13-18)32-4;1-27-16-4-2-3-15(10-16)26-19-17(9-12(21)11-22-19)18(25)23-13-5-7-14(24-20)8-6-13/h5-7,12-14,16-17H,8-11H2,1-4H3,(H,27,29)(H,28,30);2-4,9-11,13-14,24H,5-8H2,1H3,(H,23,25). The Bertz CT molecular complexity index is 2060. The van der Waals surface area contributed by atoms with E-state index in [0.717, 1.165) is 85.7 Å². The van der Waals surface area contributed by atoms with E-state index < -0.39 is 23.0 Å². The van der Waals surface area contributed by atoms with Gasteiger partial charge in [0.2, 0.25) is 17.7 Å².